The number of benzene rings is 1. The van der Waals surface area contributed by atoms with E-state index >= 15 is 0 Å². The van der Waals surface area contributed by atoms with E-state index < -0.39 is 29.2 Å². The van der Waals surface area contributed by atoms with E-state index in [0.717, 1.165) is 73.1 Å². The molecular weight excluding hydrogens is 989 g/mol. The van der Waals surface area contributed by atoms with E-state index in [2.05, 4.69) is 53.4 Å². The number of aliphatic hydroxyl groups excluding tert-OH is 1. The van der Waals surface area contributed by atoms with Gasteiger partial charge in [0.05, 0.1) is 35.0 Å². The summed E-state index contributed by atoms with van der Waals surface area (Å²) in [5, 5.41) is 40.8. The van der Waals surface area contributed by atoms with Gasteiger partial charge in [0.1, 0.15) is 34.4 Å². The summed E-state index contributed by atoms with van der Waals surface area (Å²) in [7, 11) is 0. The quantitative estimate of drug-likeness (QED) is 0.0217. The van der Waals surface area contributed by atoms with Gasteiger partial charge in [-0.2, -0.15) is 0 Å². The zero-order valence-electron chi connectivity index (χ0n) is 45.3. The monoisotopic (exact) mass is 1070 g/mol. The van der Waals surface area contributed by atoms with Gasteiger partial charge in [-0.25, -0.2) is 19.6 Å². The Morgan fingerprint density at radius 1 is 0.908 bits per heavy atom. The summed E-state index contributed by atoms with van der Waals surface area (Å²) in [5.74, 6) is 5.95. The highest BCUT2D eigenvalue weighted by atomic mass is 32.1. The topological polar surface area (TPSA) is 278 Å². The number of nitrogens with two attached hydrogens (primary N) is 1. The van der Waals surface area contributed by atoms with Gasteiger partial charge >= 0.3 is 0 Å². The Morgan fingerprint density at radius 2 is 1.61 bits per heavy atom. The molecule has 5 aromatic rings. The number of aryl methyl sites for hydroxylation is 2. The van der Waals surface area contributed by atoms with Crippen LogP contribution in [0.3, 0.4) is 0 Å². The number of pyridine rings is 1. The average molecular weight is 1070 g/mol. The van der Waals surface area contributed by atoms with Crippen molar-refractivity contribution < 1.29 is 38.8 Å². The number of ether oxygens (including phenoxy) is 1. The number of aromatic nitrogens is 6. The fraction of sp³-hybridized carbons (Fsp3) is 0.582. The van der Waals surface area contributed by atoms with E-state index in [-0.39, 0.29) is 49.0 Å². The van der Waals surface area contributed by atoms with Crippen LogP contribution < -0.4 is 31.7 Å². The normalized spacial score (nSPS) is 15.1. The Balaban J connectivity index is 0.790. The minimum atomic E-state index is -1.22. The third kappa shape index (κ3) is 17.0. The molecule has 1 aliphatic heterocycles. The molecule has 0 spiro atoms. The Bertz CT molecular complexity index is 2770. The molecule has 6 rings (SSSR count). The van der Waals surface area contributed by atoms with Crippen molar-refractivity contribution >= 4 is 51.8 Å². The van der Waals surface area contributed by atoms with Crippen LogP contribution in [0.25, 0.3) is 33.0 Å². The van der Waals surface area contributed by atoms with Crippen molar-refractivity contribution in [2.24, 2.45) is 5.41 Å². The zero-order valence-corrected chi connectivity index (χ0v) is 46.1. The minimum absolute atomic E-state index is 0.0274. The number of rotatable bonds is 28. The first kappa shape index (κ1) is 58.8. The summed E-state index contributed by atoms with van der Waals surface area (Å²) >= 11 is 1.58. The summed E-state index contributed by atoms with van der Waals surface area (Å²) in [4.78, 5) is 69.2. The number of nitrogens with zero attached hydrogens (tertiary/aromatic N) is 7. The average Bonchev–Trinajstić information content (AvgIpc) is 4.20. The molecule has 1 aromatic carbocycles. The number of nitrogen functional groups attached to an aromatic ring is 1. The third-order valence-corrected chi connectivity index (χ3v) is 14.1. The number of thiazole rings is 1. The standard InChI is InChI=1S/C55H78N12O8S/c1-8-66-47-42(33-59-40(25-26-55(6,7)73)45(47)63-51(66)46-50(56)65-75-64-46)74-30-18-28-57-27-17-20-43(69)58-29-16-14-12-10-9-11-13-15-19-44(70)62-49(54(3,4)5)53(72)67-34-39(68)31-41(67)52(71)60-32-37-21-23-38(24-22-37)48-36(2)61-35-76-48/h21-24,33,35,39,41,49,57,68,73H,8-20,27-32,34H2,1-7H3,(H2,56,65)(H,58,69)(H,60,71)(H,62,70)/t39-,41+,49-/m1/s1. The number of fused-ring (bicyclic) bond motifs is 1. The molecule has 3 atom stereocenters. The lowest BCUT2D eigenvalue weighted by atomic mass is 9.85. The Kier molecular flexibility index (Phi) is 21.7. The van der Waals surface area contributed by atoms with Gasteiger partial charge in [-0.1, -0.05) is 89.5 Å². The fourth-order valence-electron chi connectivity index (χ4n) is 9.04. The fourth-order valence-corrected chi connectivity index (χ4v) is 9.85. The molecule has 4 amide bonds. The minimum Gasteiger partial charge on any atom is -0.490 e. The van der Waals surface area contributed by atoms with Crippen LogP contribution in [0.5, 0.6) is 5.75 Å². The van der Waals surface area contributed by atoms with Gasteiger partial charge < -0.3 is 51.4 Å². The molecule has 0 aliphatic carbocycles. The number of unbranched alkanes of at least 4 members (excludes halogenated alkanes) is 7. The number of amides is 4. The number of carbonyl (C=O) groups is 4. The van der Waals surface area contributed by atoms with Crippen LogP contribution in [0, 0.1) is 24.2 Å². The number of hydrogen-bond donors (Lipinski definition) is 7. The van der Waals surface area contributed by atoms with Crippen LogP contribution in [-0.4, -0.2) is 125 Å². The van der Waals surface area contributed by atoms with E-state index in [9.17, 15) is 29.4 Å². The first-order chi connectivity index (χ1) is 36.3. The van der Waals surface area contributed by atoms with Gasteiger partial charge in [-0.3, -0.25) is 19.2 Å². The van der Waals surface area contributed by atoms with Gasteiger partial charge in [-0.05, 0) is 99.2 Å². The lowest BCUT2D eigenvalue weighted by Crippen LogP contribution is -2.57. The summed E-state index contributed by atoms with van der Waals surface area (Å²) < 4.78 is 12.9. The predicted molar refractivity (Wildman–Crippen MR) is 293 cm³/mol. The van der Waals surface area contributed by atoms with Crippen molar-refractivity contribution in [1.82, 2.24) is 56.0 Å². The molecule has 0 radical (unpaired) electrons. The number of likely N-dealkylation sites (tertiary alicyclic amines) is 1. The van der Waals surface area contributed by atoms with Crippen molar-refractivity contribution in [3.8, 4) is 39.5 Å². The maximum absolute atomic E-state index is 14.0. The highest BCUT2D eigenvalue weighted by molar-refractivity contribution is 7.13. The number of carbonyl (C=O) groups excluding carboxylic acids is 4. The summed E-state index contributed by atoms with van der Waals surface area (Å²) in [5.41, 5.74) is 10.8. The van der Waals surface area contributed by atoms with Crippen molar-refractivity contribution in [2.75, 3.05) is 38.5 Å². The molecular formula is C55H78N12O8S. The van der Waals surface area contributed by atoms with Crippen LogP contribution in [0.1, 0.15) is 142 Å². The molecule has 0 saturated carbocycles. The Hall–Kier alpha value is -6.47. The molecule has 5 heterocycles. The zero-order chi connectivity index (χ0) is 54.8. The molecule has 1 saturated heterocycles. The molecule has 20 nitrogen and oxygen atoms in total. The molecule has 1 aliphatic rings. The van der Waals surface area contributed by atoms with E-state index in [1.165, 1.54) is 4.90 Å². The van der Waals surface area contributed by atoms with Gasteiger partial charge in [0.2, 0.25) is 23.6 Å². The maximum atomic E-state index is 14.0. The van der Waals surface area contributed by atoms with Crippen molar-refractivity contribution in [3.63, 3.8) is 0 Å². The molecule has 4 aromatic heterocycles. The summed E-state index contributed by atoms with van der Waals surface area (Å²) in [6, 6.07) is 6.23. The first-order valence-corrected chi connectivity index (χ1v) is 27.6. The van der Waals surface area contributed by atoms with Crippen LogP contribution in [0.4, 0.5) is 5.82 Å². The van der Waals surface area contributed by atoms with Gasteiger partial charge in [-0.15, -0.1) is 11.3 Å². The van der Waals surface area contributed by atoms with Gasteiger partial charge in [0.15, 0.2) is 23.1 Å². The molecule has 8 N–H and O–H groups in total. The molecule has 0 unspecified atom stereocenters. The van der Waals surface area contributed by atoms with Crippen molar-refractivity contribution in [3.05, 3.63) is 52.9 Å². The van der Waals surface area contributed by atoms with Crippen molar-refractivity contribution in [2.45, 2.75) is 169 Å². The van der Waals surface area contributed by atoms with E-state index in [1.807, 2.05) is 69.0 Å². The number of hydrogen-bond acceptors (Lipinski definition) is 16. The smallest absolute Gasteiger partial charge is 0.246 e. The molecule has 76 heavy (non-hydrogen) atoms. The lowest BCUT2D eigenvalue weighted by Gasteiger charge is -2.35. The SMILES string of the molecule is CCn1c(-c2nonc2N)nc2c(C#CC(C)(C)O)ncc(OCCCNCCCC(=O)NCCCCCCCCCCC(=O)N[C@H](C(=O)N3C[C@H](O)C[C@H]3C(=O)NCc3ccc(-c4scnc4C)cc3)C(C)(C)C)c21. The first-order valence-electron chi connectivity index (χ1n) is 26.7. The maximum Gasteiger partial charge on any atom is 0.246 e. The Morgan fingerprint density at radius 3 is 2.26 bits per heavy atom. The summed E-state index contributed by atoms with van der Waals surface area (Å²) in [6.07, 6.45) is 10.9. The second kappa shape index (κ2) is 28.1. The van der Waals surface area contributed by atoms with Crippen LogP contribution in [0.15, 0.2) is 40.6 Å². The number of imidazole rings is 1. The van der Waals surface area contributed by atoms with Crippen molar-refractivity contribution in [1.29, 1.82) is 0 Å². The second-order valence-electron chi connectivity index (χ2n) is 21.1. The lowest BCUT2D eigenvalue weighted by molar-refractivity contribution is -0.144. The number of aliphatic hydroxyl groups is 2. The molecule has 1 fully saturated rings. The third-order valence-electron chi connectivity index (χ3n) is 13.1. The molecule has 21 heteroatoms. The number of anilines is 1. The summed E-state index contributed by atoms with van der Waals surface area (Å²) in [6.45, 7) is 16.1. The van der Waals surface area contributed by atoms with Gasteiger partial charge in [0.25, 0.3) is 0 Å². The number of nitrogens with one attached hydrogen (secondary N) is 4. The molecule has 412 valence electrons. The van der Waals surface area contributed by atoms with Gasteiger partial charge in [0, 0.05) is 45.4 Å². The number of β-amino-alcohol motifs (C(OH)–C–C–N with tert-alkyl or cyclic N) is 1. The van der Waals surface area contributed by atoms with Crippen LogP contribution in [-0.2, 0) is 32.3 Å². The van der Waals surface area contributed by atoms with E-state index in [1.54, 1.807) is 31.4 Å². The second-order valence-corrected chi connectivity index (χ2v) is 21.9. The van der Waals surface area contributed by atoms with Crippen LogP contribution >= 0.6 is 11.3 Å². The predicted octanol–water partition coefficient (Wildman–Crippen LogP) is 6.21. The highest BCUT2D eigenvalue weighted by Gasteiger charge is 2.44. The largest absolute Gasteiger partial charge is 0.490 e. The van der Waals surface area contributed by atoms with Crippen LogP contribution in [0.2, 0.25) is 0 Å². The van der Waals surface area contributed by atoms with E-state index in [0.29, 0.717) is 92.5 Å². The highest BCUT2D eigenvalue weighted by Crippen LogP contribution is 2.34. The van der Waals surface area contributed by atoms with E-state index in [4.69, 9.17) is 20.1 Å². The Labute approximate surface area is 450 Å². The molecule has 0 bridgehead atoms.